The summed E-state index contributed by atoms with van der Waals surface area (Å²) in [6.07, 6.45) is 0. The Morgan fingerprint density at radius 3 is 2.27 bits per heavy atom. The summed E-state index contributed by atoms with van der Waals surface area (Å²) in [5.41, 5.74) is 2.09. The molecule has 140 valence electrons. The third-order valence-electron chi connectivity index (χ3n) is 5.75. The molecule has 0 amide bonds. The van der Waals surface area contributed by atoms with Crippen molar-refractivity contribution in [2.75, 3.05) is 0 Å². The van der Waals surface area contributed by atoms with Crippen LogP contribution >= 0.6 is 11.3 Å². The second-order valence-corrected chi connectivity index (χ2v) is 8.31. The summed E-state index contributed by atoms with van der Waals surface area (Å²) in [4.78, 5) is 16.6. The Balaban J connectivity index is 1.75. The molecule has 0 bridgehead atoms. The standard InChI is InChI=1S/C26H14N2OS/c27-14-21-20(13-22(28-26(21)29)23-5-2-12-30-23)18-10-8-17-7-6-15-3-1-4-16-9-11-19(18)25(17)24(15)16/h1-13H,(H,28,29). The molecule has 0 saturated heterocycles. The van der Waals surface area contributed by atoms with Crippen molar-refractivity contribution in [2.45, 2.75) is 0 Å². The van der Waals surface area contributed by atoms with Crippen LogP contribution < -0.4 is 5.56 Å². The fourth-order valence-corrected chi connectivity index (χ4v) is 5.12. The summed E-state index contributed by atoms with van der Waals surface area (Å²) in [5, 5.41) is 18.7. The summed E-state index contributed by atoms with van der Waals surface area (Å²) >= 11 is 1.56. The lowest BCUT2D eigenvalue weighted by molar-refractivity contribution is 1.23. The minimum absolute atomic E-state index is 0.144. The Morgan fingerprint density at radius 2 is 1.53 bits per heavy atom. The highest BCUT2D eigenvalue weighted by Crippen LogP contribution is 2.40. The zero-order valence-corrected chi connectivity index (χ0v) is 16.6. The number of H-pyrrole nitrogens is 1. The van der Waals surface area contributed by atoms with E-state index in [1.807, 2.05) is 29.6 Å². The van der Waals surface area contributed by atoms with Crippen LogP contribution in [0.1, 0.15) is 5.56 Å². The normalized spacial score (nSPS) is 11.4. The quantitative estimate of drug-likeness (QED) is 0.334. The first kappa shape index (κ1) is 17.0. The minimum Gasteiger partial charge on any atom is -0.320 e. The Kier molecular flexibility index (Phi) is 3.55. The molecule has 0 aliphatic carbocycles. The average molecular weight is 402 g/mol. The van der Waals surface area contributed by atoms with Crippen LogP contribution in [0.5, 0.6) is 0 Å². The summed E-state index contributed by atoms with van der Waals surface area (Å²) in [6.45, 7) is 0. The molecule has 2 aromatic heterocycles. The van der Waals surface area contributed by atoms with Crippen LogP contribution in [0.15, 0.2) is 83.0 Å². The summed E-state index contributed by atoms with van der Waals surface area (Å²) in [6, 6.07) is 26.9. The number of aromatic amines is 1. The number of pyridine rings is 1. The van der Waals surface area contributed by atoms with Gasteiger partial charge >= 0.3 is 0 Å². The maximum atomic E-state index is 12.8. The molecule has 0 atom stereocenters. The predicted molar refractivity (Wildman–Crippen MR) is 124 cm³/mol. The van der Waals surface area contributed by atoms with Crippen molar-refractivity contribution in [1.82, 2.24) is 4.98 Å². The Hall–Kier alpha value is -3.94. The number of aromatic nitrogens is 1. The van der Waals surface area contributed by atoms with Gasteiger partial charge in [-0.1, -0.05) is 60.7 Å². The highest BCUT2D eigenvalue weighted by atomic mass is 32.1. The van der Waals surface area contributed by atoms with E-state index in [2.05, 4.69) is 59.6 Å². The highest BCUT2D eigenvalue weighted by molar-refractivity contribution is 7.13. The van der Waals surface area contributed by atoms with E-state index in [0.717, 1.165) is 26.9 Å². The van der Waals surface area contributed by atoms with Crippen LogP contribution in [0.4, 0.5) is 0 Å². The van der Waals surface area contributed by atoms with E-state index < -0.39 is 0 Å². The molecule has 3 nitrogen and oxygen atoms in total. The average Bonchev–Trinajstić information content (AvgIpc) is 3.32. The first-order valence-electron chi connectivity index (χ1n) is 9.63. The molecule has 0 saturated carbocycles. The molecule has 0 radical (unpaired) electrons. The molecule has 4 heteroatoms. The van der Waals surface area contributed by atoms with Crippen LogP contribution in [0.3, 0.4) is 0 Å². The smallest absolute Gasteiger partial charge is 0.266 e. The van der Waals surface area contributed by atoms with E-state index >= 15 is 0 Å². The molecule has 6 aromatic rings. The number of hydrogen-bond donors (Lipinski definition) is 1. The Morgan fingerprint density at radius 1 is 0.800 bits per heavy atom. The van der Waals surface area contributed by atoms with Crippen molar-refractivity contribution in [2.24, 2.45) is 0 Å². The van der Waals surface area contributed by atoms with Crippen molar-refractivity contribution >= 4 is 43.7 Å². The van der Waals surface area contributed by atoms with E-state index in [9.17, 15) is 10.1 Å². The number of nitriles is 1. The van der Waals surface area contributed by atoms with Crippen molar-refractivity contribution in [3.8, 4) is 27.8 Å². The topological polar surface area (TPSA) is 56.6 Å². The summed E-state index contributed by atoms with van der Waals surface area (Å²) in [5.74, 6) is 0. The number of nitrogens with one attached hydrogen (secondary N) is 1. The Bertz CT molecular complexity index is 1650. The van der Waals surface area contributed by atoms with Gasteiger partial charge in [0.05, 0.1) is 10.6 Å². The molecule has 0 fully saturated rings. The monoisotopic (exact) mass is 402 g/mol. The van der Waals surface area contributed by atoms with E-state index in [4.69, 9.17) is 0 Å². The maximum Gasteiger partial charge on any atom is 0.266 e. The van der Waals surface area contributed by atoms with Gasteiger partial charge in [-0.3, -0.25) is 4.79 Å². The molecule has 0 aliphatic heterocycles. The van der Waals surface area contributed by atoms with Crippen molar-refractivity contribution in [3.05, 3.63) is 94.1 Å². The molecule has 2 heterocycles. The lowest BCUT2D eigenvalue weighted by atomic mass is 9.89. The van der Waals surface area contributed by atoms with Gasteiger partial charge in [0.1, 0.15) is 11.6 Å². The predicted octanol–water partition coefficient (Wildman–Crippen LogP) is 6.54. The van der Waals surface area contributed by atoms with Gasteiger partial charge in [0.2, 0.25) is 0 Å². The second-order valence-electron chi connectivity index (χ2n) is 7.36. The molecular weight excluding hydrogens is 388 g/mol. The molecule has 0 spiro atoms. The van der Waals surface area contributed by atoms with Crippen LogP contribution in [-0.2, 0) is 0 Å². The van der Waals surface area contributed by atoms with E-state index in [1.54, 1.807) is 11.3 Å². The van der Waals surface area contributed by atoms with Gasteiger partial charge in [-0.05, 0) is 55.4 Å². The van der Waals surface area contributed by atoms with E-state index in [1.165, 1.54) is 21.5 Å². The molecule has 6 rings (SSSR count). The lowest BCUT2D eigenvalue weighted by Gasteiger charge is -2.15. The van der Waals surface area contributed by atoms with Crippen LogP contribution in [0, 0.1) is 11.3 Å². The maximum absolute atomic E-state index is 12.8. The molecule has 0 unspecified atom stereocenters. The molecular formula is C26H14N2OS. The second kappa shape index (κ2) is 6.28. The molecule has 0 aliphatic rings. The van der Waals surface area contributed by atoms with Gasteiger partial charge in [-0.25, -0.2) is 0 Å². The Labute approximate surface area is 175 Å². The van der Waals surface area contributed by atoms with Gasteiger partial charge < -0.3 is 4.98 Å². The fourth-order valence-electron chi connectivity index (χ4n) is 4.42. The van der Waals surface area contributed by atoms with Crippen molar-refractivity contribution < 1.29 is 0 Å². The summed E-state index contributed by atoms with van der Waals surface area (Å²) in [7, 11) is 0. The first-order chi connectivity index (χ1) is 14.7. The number of thiophene rings is 1. The van der Waals surface area contributed by atoms with Gasteiger partial charge in [0, 0.05) is 5.56 Å². The van der Waals surface area contributed by atoms with E-state index in [0.29, 0.717) is 5.56 Å². The molecule has 30 heavy (non-hydrogen) atoms. The van der Waals surface area contributed by atoms with Gasteiger partial charge in [0.25, 0.3) is 5.56 Å². The first-order valence-corrected chi connectivity index (χ1v) is 10.5. The number of nitrogens with zero attached hydrogens (tertiary/aromatic N) is 1. The third-order valence-corrected chi connectivity index (χ3v) is 6.65. The van der Waals surface area contributed by atoms with Gasteiger partial charge in [-0.15, -0.1) is 11.3 Å². The summed E-state index contributed by atoms with van der Waals surface area (Å²) < 4.78 is 0. The number of benzene rings is 4. The fraction of sp³-hybridized carbons (Fsp3) is 0. The van der Waals surface area contributed by atoms with Crippen molar-refractivity contribution in [3.63, 3.8) is 0 Å². The zero-order chi connectivity index (χ0) is 20.2. The van der Waals surface area contributed by atoms with Crippen LogP contribution in [0.2, 0.25) is 0 Å². The minimum atomic E-state index is -0.357. The largest absolute Gasteiger partial charge is 0.320 e. The van der Waals surface area contributed by atoms with Crippen LogP contribution in [0.25, 0.3) is 54.0 Å². The molecule has 4 aromatic carbocycles. The SMILES string of the molecule is N#Cc1c(-c2ccc3ccc4cccc5ccc2c3c45)cc(-c2cccs2)[nH]c1=O. The lowest BCUT2D eigenvalue weighted by Crippen LogP contribution is -2.12. The molecule has 1 N–H and O–H groups in total. The van der Waals surface area contributed by atoms with Gasteiger partial charge in [-0.2, -0.15) is 5.26 Å². The highest BCUT2D eigenvalue weighted by Gasteiger charge is 2.17. The number of rotatable bonds is 2. The van der Waals surface area contributed by atoms with Crippen LogP contribution in [-0.4, -0.2) is 4.98 Å². The van der Waals surface area contributed by atoms with E-state index in [-0.39, 0.29) is 11.1 Å². The number of hydrogen-bond acceptors (Lipinski definition) is 3. The third kappa shape index (κ3) is 2.33. The van der Waals surface area contributed by atoms with Crippen molar-refractivity contribution in [1.29, 1.82) is 5.26 Å². The van der Waals surface area contributed by atoms with Gasteiger partial charge in [0.15, 0.2) is 0 Å². The zero-order valence-electron chi connectivity index (χ0n) is 15.8.